The molecule has 6 nitrogen and oxygen atoms in total. The number of pyridine rings is 2. The molecule has 1 amide bonds. The summed E-state index contributed by atoms with van der Waals surface area (Å²) in [5.74, 6) is 1.18. The van der Waals surface area contributed by atoms with Crippen LogP contribution in [0.3, 0.4) is 0 Å². The van der Waals surface area contributed by atoms with E-state index in [1.165, 1.54) is 0 Å². The minimum absolute atomic E-state index is 0.193. The first kappa shape index (κ1) is 23.4. The Balaban J connectivity index is 0.00000141. The number of carbonyl (C=O) groups is 1. The van der Waals surface area contributed by atoms with Gasteiger partial charge in [0.05, 0.1) is 5.52 Å². The van der Waals surface area contributed by atoms with E-state index in [-0.39, 0.29) is 5.91 Å². The second-order valence-electron chi connectivity index (χ2n) is 7.34. The molecule has 0 saturated heterocycles. The average molecular weight is 463 g/mol. The number of hydrogen-bond acceptors (Lipinski definition) is 5. The van der Waals surface area contributed by atoms with Crippen molar-refractivity contribution >= 4 is 33.9 Å². The largest absolute Gasteiger partial charge is 0.457 e. The van der Waals surface area contributed by atoms with Gasteiger partial charge in [0, 0.05) is 46.6 Å². The third-order valence-corrected chi connectivity index (χ3v) is 5.05. The maximum absolute atomic E-state index is 12.8. The van der Waals surface area contributed by atoms with Crippen molar-refractivity contribution in [3.63, 3.8) is 0 Å². The van der Waals surface area contributed by atoms with Gasteiger partial charge in [0.15, 0.2) is 0 Å². The Morgan fingerprint density at radius 1 is 0.743 bits per heavy atom. The van der Waals surface area contributed by atoms with Crippen LogP contribution in [0, 0.1) is 0 Å². The Labute approximate surface area is 204 Å². The van der Waals surface area contributed by atoms with Crippen molar-refractivity contribution in [1.82, 2.24) is 9.97 Å². The van der Waals surface area contributed by atoms with Crippen LogP contribution in [-0.2, 0) is 0 Å². The third-order valence-electron chi connectivity index (χ3n) is 5.05. The van der Waals surface area contributed by atoms with Gasteiger partial charge in [0.25, 0.3) is 5.91 Å². The zero-order valence-electron chi connectivity index (χ0n) is 19.6. The predicted octanol–water partition coefficient (Wildman–Crippen LogP) is 7.44. The van der Waals surface area contributed by atoms with Gasteiger partial charge in [0.2, 0.25) is 0 Å². The summed E-state index contributed by atoms with van der Waals surface area (Å²) in [5, 5.41) is 7.34. The van der Waals surface area contributed by atoms with Crippen molar-refractivity contribution in [2.75, 3.05) is 10.6 Å². The molecule has 174 valence electrons. The molecule has 0 aliphatic carbocycles. The molecule has 0 atom stereocenters. The quantitative estimate of drug-likeness (QED) is 0.274. The fourth-order valence-corrected chi connectivity index (χ4v) is 3.45. The highest BCUT2D eigenvalue weighted by Gasteiger charge is 2.09. The molecule has 0 unspecified atom stereocenters. The van der Waals surface area contributed by atoms with Crippen LogP contribution in [0.2, 0.25) is 0 Å². The Morgan fingerprint density at radius 2 is 1.49 bits per heavy atom. The van der Waals surface area contributed by atoms with Crippen molar-refractivity contribution in [2.45, 2.75) is 13.8 Å². The number of amides is 1. The lowest BCUT2D eigenvalue weighted by atomic mass is 10.1. The highest BCUT2D eigenvalue weighted by atomic mass is 16.5. The van der Waals surface area contributed by atoms with Crippen LogP contribution in [0.25, 0.3) is 10.9 Å². The molecule has 0 radical (unpaired) electrons. The number of carbonyl (C=O) groups excluding carboxylic acids is 1. The van der Waals surface area contributed by atoms with Gasteiger partial charge in [-0.15, -0.1) is 0 Å². The van der Waals surface area contributed by atoms with Gasteiger partial charge in [0.1, 0.15) is 11.5 Å². The summed E-state index contributed by atoms with van der Waals surface area (Å²) < 4.78 is 5.76. The third kappa shape index (κ3) is 6.00. The van der Waals surface area contributed by atoms with Crippen LogP contribution in [0.4, 0.5) is 17.1 Å². The van der Waals surface area contributed by atoms with Crippen molar-refractivity contribution in [1.29, 1.82) is 0 Å². The second-order valence-corrected chi connectivity index (χ2v) is 7.34. The molecular formula is C29H26N4O2. The molecule has 0 aliphatic heterocycles. The van der Waals surface area contributed by atoms with E-state index >= 15 is 0 Å². The Hall–Kier alpha value is -4.71. The second kappa shape index (κ2) is 11.4. The van der Waals surface area contributed by atoms with Crippen LogP contribution in [-0.4, -0.2) is 15.9 Å². The molecule has 0 aliphatic rings. The molecule has 5 rings (SSSR count). The van der Waals surface area contributed by atoms with Crippen LogP contribution in [0.1, 0.15) is 24.2 Å². The number of benzene rings is 3. The standard InChI is InChI=1S/C27H20N4O2.C2H6/c32-27(31-20-8-10-22(11-9-20)33-23-12-15-28-16-13-23)19-4-3-5-21(18-19)30-26-14-17-29-25-7-2-1-6-24(25)26;1-2/h1-18H,(H,29,30)(H,31,32);1-2H3. The molecule has 2 N–H and O–H groups in total. The van der Waals surface area contributed by atoms with Gasteiger partial charge in [-0.25, -0.2) is 0 Å². The van der Waals surface area contributed by atoms with Crippen LogP contribution in [0.5, 0.6) is 11.5 Å². The molecule has 35 heavy (non-hydrogen) atoms. The summed E-state index contributed by atoms with van der Waals surface area (Å²) in [6.45, 7) is 4.00. The maximum Gasteiger partial charge on any atom is 0.255 e. The number of para-hydroxylation sites is 1. The molecule has 0 saturated carbocycles. The molecule has 0 fully saturated rings. The first-order valence-corrected chi connectivity index (χ1v) is 11.4. The van der Waals surface area contributed by atoms with E-state index in [1.54, 1.807) is 48.9 Å². The van der Waals surface area contributed by atoms with E-state index in [2.05, 4.69) is 20.6 Å². The number of aromatic nitrogens is 2. The van der Waals surface area contributed by atoms with Crippen LogP contribution < -0.4 is 15.4 Å². The first-order chi connectivity index (χ1) is 17.2. The van der Waals surface area contributed by atoms with E-state index in [4.69, 9.17) is 4.74 Å². The first-order valence-electron chi connectivity index (χ1n) is 11.4. The SMILES string of the molecule is CC.O=C(Nc1ccc(Oc2ccncc2)cc1)c1cccc(Nc2ccnc3ccccc23)c1. The summed E-state index contributed by atoms with van der Waals surface area (Å²) in [4.78, 5) is 21.2. The minimum atomic E-state index is -0.193. The maximum atomic E-state index is 12.8. The van der Waals surface area contributed by atoms with Gasteiger partial charge in [-0.3, -0.25) is 14.8 Å². The molecule has 2 heterocycles. The van der Waals surface area contributed by atoms with E-state index in [1.807, 2.05) is 74.5 Å². The summed E-state index contributed by atoms with van der Waals surface area (Å²) in [6.07, 6.45) is 5.11. The number of nitrogens with zero attached hydrogens (tertiary/aromatic N) is 2. The predicted molar refractivity (Wildman–Crippen MR) is 142 cm³/mol. The van der Waals surface area contributed by atoms with Crippen LogP contribution in [0.15, 0.2) is 110 Å². The molecular weight excluding hydrogens is 436 g/mol. The zero-order valence-corrected chi connectivity index (χ0v) is 19.6. The highest BCUT2D eigenvalue weighted by molar-refractivity contribution is 6.05. The number of nitrogens with one attached hydrogen (secondary N) is 2. The van der Waals surface area contributed by atoms with E-state index in [0.29, 0.717) is 22.7 Å². The summed E-state index contributed by atoms with van der Waals surface area (Å²) in [5.41, 5.74) is 3.90. The van der Waals surface area contributed by atoms with Crippen molar-refractivity contribution in [3.8, 4) is 11.5 Å². The molecule has 0 spiro atoms. The van der Waals surface area contributed by atoms with Crippen molar-refractivity contribution < 1.29 is 9.53 Å². The summed E-state index contributed by atoms with van der Waals surface area (Å²) in [6, 6.07) is 28.0. The molecule has 6 heteroatoms. The molecule has 5 aromatic rings. The van der Waals surface area contributed by atoms with E-state index in [0.717, 1.165) is 22.3 Å². The number of ether oxygens (including phenoxy) is 1. The molecule has 0 bridgehead atoms. The monoisotopic (exact) mass is 462 g/mol. The van der Waals surface area contributed by atoms with Crippen molar-refractivity contribution in [2.24, 2.45) is 0 Å². The van der Waals surface area contributed by atoms with Crippen molar-refractivity contribution in [3.05, 3.63) is 115 Å². The lowest BCUT2D eigenvalue weighted by Crippen LogP contribution is -2.12. The highest BCUT2D eigenvalue weighted by Crippen LogP contribution is 2.26. The van der Waals surface area contributed by atoms with E-state index < -0.39 is 0 Å². The van der Waals surface area contributed by atoms with E-state index in [9.17, 15) is 4.79 Å². The lowest BCUT2D eigenvalue weighted by molar-refractivity contribution is 0.102. The lowest BCUT2D eigenvalue weighted by Gasteiger charge is -2.11. The number of fused-ring (bicyclic) bond motifs is 1. The topological polar surface area (TPSA) is 76.1 Å². The zero-order chi connectivity index (χ0) is 24.5. The normalized spacial score (nSPS) is 10.1. The minimum Gasteiger partial charge on any atom is -0.457 e. The molecule has 3 aromatic carbocycles. The molecule has 2 aromatic heterocycles. The smallest absolute Gasteiger partial charge is 0.255 e. The number of rotatable bonds is 6. The fourth-order valence-electron chi connectivity index (χ4n) is 3.45. The summed E-state index contributed by atoms with van der Waals surface area (Å²) in [7, 11) is 0. The van der Waals surface area contributed by atoms with Gasteiger partial charge in [-0.1, -0.05) is 38.1 Å². The van der Waals surface area contributed by atoms with Crippen LogP contribution >= 0.6 is 0 Å². The van der Waals surface area contributed by atoms with Gasteiger partial charge >= 0.3 is 0 Å². The Kier molecular flexibility index (Phi) is 7.66. The number of hydrogen-bond donors (Lipinski definition) is 2. The Bertz CT molecular complexity index is 1400. The van der Waals surface area contributed by atoms with Gasteiger partial charge in [-0.05, 0) is 66.7 Å². The van der Waals surface area contributed by atoms with Gasteiger partial charge in [-0.2, -0.15) is 0 Å². The van der Waals surface area contributed by atoms with Gasteiger partial charge < -0.3 is 15.4 Å². The Morgan fingerprint density at radius 3 is 2.29 bits per heavy atom. The fraction of sp³-hybridized carbons (Fsp3) is 0.0690. The number of anilines is 3. The summed E-state index contributed by atoms with van der Waals surface area (Å²) >= 11 is 0. The average Bonchev–Trinajstić information content (AvgIpc) is 2.92.